The second-order valence-electron chi connectivity index (χ2n) is 7.28. The Labute approximate surface area is 166 Å². The number of hydrogen-bond donors (Lipinski definition) is 2. The molecule has 0 atom stereocenters. The van der Waals surface area contributed by atoms with Gasteiger partial charge < -0.3 is 9.79 Å². The molecule has 0 bridgehead atoms. The summed E-state index contributed by atoms with van der Waals surface area (Å²) in [6.45, 7) is 4.01. The molecule has 3 nitrogen and oxygen atoms in total. The summed E-state index contributed by atoms with van der Waals surface area (Å²) in [4.78, 5) is 20.7. The maximum Gasteiger partial charge on any atom is 0.254 e. The Bertz CT molecular complexity index is 1010. The SMILES string of the molecule is CC(C)N(C(c1cccc2ccccc12)c1cccc2ccccc12)P(O)O. The molecule has 0 heterocycles. The third-order valence-electron chi connectivity index (χ3n) is 5.24. The summed E-state index contributed by atoms with van der Waals surface area (Å²) in [5, 5.41) is 4.55. The molecule has 0 aromatic heterocycles. The van der Waals surface area contributed by atoms with Gasteiger partial charge in [-0.25, -0.2) is 4.67 Å². The van der Waals surface area contributed by atoms with Crippen molar-refractivity contribution in [2.45, 2.75) is 25.9 Å². The molecule has 0 fully saturated rings. The second kappa shape index (κ2) is 7.98. The van der Waals surface area contributed by atoms with Crippen molar-refractivity contribution in [2.24, 2.45) is 0 Å². The minimum Gasteiger partial charge on any atom is -0.338 e. The normalized spacial score (nSPS) is 12.1. The van der Waals surface area contributed by atoms with Crippen LogP contribution >= 0.6 is 8.53 Å². The van der Waals surface area contributed by atoms with Crippen molar-refractivity contribution in [1.29, 1.82) is 0 Å². The predicted octanol–water partition coefficient (Wildman–Crippen LogP) is 6.00. The number of nitrogens with zero attached hydrogens (tertiary/aromatic N) is 1. The van der Waals surface area contributed by atoms with Crippen LogP contribution in [0.5, 0.6) is 0 Å². The fraction of sp³-hybridized carbons (Fsp3) is 0.167. The average Bonchev–Trinajstić information content (AvgIpc) is 2.70. The highest BCUT2D eigenvalue weighted by atomic mass is 31.2. The zero-order valence-electron chi connectivity index (χ0n) is 16.0. The second-order valence-corrected chi connectivity index (χ2v) is 8.28. The molecule has 2 N–H and O–H groups in total. The van der Waals surface area contributed by atoms with Gasteiger partial charge in [-0.1, -0.05) is 84.9 Å². The van der Waals surface area contributed by atoms with E-state index in [1.165, 1.54) is 0 Å². The molecule has 0 saturated carbocycles. The zero-order valence-corrected chi connectivity index (χ0v) is 16.9. The largest absolute Gasteiger partial charge is 0.338 e. The monoisotopic (exact) mass is 389 g/mol. The summed E-state index contributed by atoms with van der Waals surface area (Å²) in [7, 11) is -2.27. The lowest BCUT2D eigenvalue weighted by Crippen LogP contribution is -2.31. The Balaban J connectivity index is 2.05. The first-order chi connectivity index (χ1) is 13.6. The molecule has 142 valence electrons. The lowest BCUT2D eigenvalue weighted by atomic mass is 9.90. The molecule has 4 aromatic carbocycles. The van der Waals surface area contributed by atoms with Gasteiger partial charge in [0.25, 0.3) is 8.53 Å². The molecule has 4 aromatic rings. The van der Waals surface area contributed by atoms with Crippen LogP contribution in [0, 0.1) is 0 Å². The third-order valence-corrected chi connectivity index (χ3v) is 6.34. The summed E-state index contributed by atoms with van der Waals surface area (Å²) in [6, 6.07) is 28.7. The predicted molar refractivity (Wildman–Crippen MR) is 118 cm³/mol. The van der Waals surface area contributed by atoms with Gasteiger partial charge in [0.2, 0.25) is 0 Å². The van der Waals surface area contributed by atoms with Crippen LogP contribution in [0.1, 0.15) is 31.0 Å². The van der Waals surface area contributed by atoms with Gasteiger partial charge in [-0.05, 0) is 46.5 Å². The lowest BCUT2D eigenvalue weighted by molar-refractivity contribution is 0.264. The van der Waals surface area contributed by atoms with Crippen LogP contribution < -0.4 is 0 Å². The molecule has 0 radical (unpaired) electrons. The van der Waals surface area contributed by atoms with Crippen molar-refractivity contribution in [3.63, 3.8) is 0 Å². The number of benzene rings is 4. The Morgan fingerprint density at radius 2 is 1.07 bits per heavy atom. The van der Waals surface area contributed by atoms with Gasteiger partial charge in [-0.2, -0.15) is 0 Å². The highest BCUT2D eigenvalue weighted by Gasteiger charge is 2.32. The van der Waals surface area contributed by atoms with Gasteiger partial charge in [0.05, 0.1) is 6.04 Å². The van der Waals surface area contributed by atoms with Gasteiger partial charge in [-0.3, -0.25) is 0 Å². The summed E-state index contributed by atoms with van der Waals surface area (Å²) in [6.07, 6.45) is 0. The van der Waals surface area contributed by atoms with Crippen LogP contribution in [0.4, 0.5) is 0 Å². The molecule has 0 aliphatic carbocycles. The molecular formula is C24H24NO2P. The van der Waals surface area contributed by atoms with Gasteiger partial charge in [-0.15, -0.1) is 0 Å². The third kappa shape index (κ3) is 3.43. The van der Waals surface area contributed by atoms with Crippen LogP contribution in [0.2, 0.25) is 0 Å². The minimum atomic E-state index is -2.27. The van der Waals surface area contributed by atoms with Crippen LogP contribution in [0.25, 0.3) is 21.5 Å². The van der Waals surface area contributed by atoms with Crippen LogP contribution in [0.3, 0.4) is 0 Å². The molecule has 0 spiro atoms. The van der Waals surface area contributed by atoms with Gasteiger partial charge in [0.1, 0.15) is 0 Å². The van der Waals surface area contributed by atoms with Gasteiger partial charge in [0.15, 0.2) is 0 Å². The fourth-order valence-corrected chi connectivity index (χ4v) is 4.91. The van der Waals surface area contributed by atoms with E-state index in [4.69, 9.17) is 0 Å². The number of hydrogen-bond acceptors (Lipinski definition) is 3. The van der Waals surface area contributed by atoms with Crippen molar-refractivity contribution >= 4 is 30.1 Å². The van der Waals surface area contributed by atoms with E-state index in [-0.39, 0.29) is 12.1 Å². The zero-order chi connectivity index (χ0) is 19.7. The molecule has 0 unspecified atom stereocenters. The lowest BCUT2D eigenvalue weighted by Gasteiger charge is -2.36. The van der Waals surface area contributed by atoms with Crippen molar-refractivity contribution < 1.29 is 9.79 Å². The quantitative estimate of drug-likeness (QED) is 0.411. The van der Waals surface area contributed by atoms with Gasteiger partial charge >= 0.3 is 0 Å². The van der Waals surface area contributed by atoms with E-state index < -0.39 is 8.53 Å². The summed E-state index contributed by atoms with van der Waals surface area (Å²) in [5.74, 6) is 0. The number of fused-ring (bicyclic) bond motifs is 2. The average molecular weight is 389 g/mol. The molecule has 0 amide bonds. The summed E-state index contributed by atoms with van der Waals surface area (Å²) < 4.78 is 1.82. The van der Waals surface area contributed by atoms with E-state index in [9.17, 15) is 9.79 Å². The first-order valence-corrected chi connectivity index (χ1v) is 10.7. The standard InChI is InChI=1S/C24H24NO2P/c1-17(2)25(28(26)27)24(22-15-7-11-18-9-3-5-13-20(18)22)23-16-8-12-19-10-4-6-14-21(19)23/h3-17,24,26-27H,1-2H3. The maximum absolute atomic E-state index is 10.4. The molecule has 28 heavy (non-hydrogen) atoms. The Morgan fingerprint density at radius 3 is 1.50 bits per heavy atom. The van der Waals surface area contributed by atoms with Crippen molar-refractivity contribution in [3.8, 4) is 0 Å². The molecule has 4 rings (SSSR count). The van der Waals surface area contributed by atoms with Crippen LogP contribution in [-0.4, -0.2) is 20.5 Å². The topological polar surface area (TPSA) is 43.7 Å². The fourth-order valence-electron chi connectivity index (χ4n) is 4.04. The Morgan fingerprint density at radius 1 is 0.643 bits per heavy atom. The Kier molecular flexibility index (Phi) is 5.43. The Hall–Kier alpha value is -2.29. The highest BCUT2D eigenvalue weighted by Crippen LogP contribution is 2.47. The smallest absolute Gasteiger partial charge is 0.254 e. The molecule has 0 aliphatic heterocycles. The van der Waals surface area contributed by atoms with E-state index >= 15 is 0 Å². The summed E-state index contributed by atoms with van der Waals surface area (Å²) >= 11 is 0. The van der Waals surface area contributed by atoms with Crippen molar-refractivity contribution in [1.82, 2.24) is 4.67 Å². The first kappa shape index (κ1) is 19.0. The highest BCUT2D eigenvalue weighted by molar-refractivity contribution is 7.42. The van der Waals surface area contributed by atoms with Crippen LogP contribution in [0.15, 0.2) is 84.9 Å². The van der Waals surface area contributed by atoms with E-state index in [1.54, 1.807) is 0 Å². The van der Waals surface area contributed by atoms with Gasteiger partial charge in [0, 0.05) is 6.04 Å². The maximum atomic E-state index is 10.4. The van der Waals surface area contributed by atoms with Crippen molar-refractivity contribution in [3.05, 3.63) is 96.1 Å². The molecule has 0 aliphatic rings. The first-order valence-electron chi connectivity index (χ1n) is 9.49. The van der Waals surface area contributed by atoms with Crippen molar-refractivity contribution in [2.75, 3.05) is 0 Å². The summed E-state index contributed by atoms with van der Waals surface area (Å²) in [5.41, 5.74) is 2.16. The molecular weight excluding hydrogens is 365 g/mol. The minimum absolute atomic E-state index is 0.0379. The number of rotatable bonds is 5. The van der Waals surface area contributed by atoms with E-state index in [1.807, 2.05) is 54.9 Å². The van der Waals surface area contributed by atoms with Crippen LogP contribution in [-0.2, 0) is 0 Å². The van der Waals surface area contributed by atoms with E-state index in [2.05, 4.69) is 48.5 Å². The van der Waals surface area contributed by atoms with E-state index in [0.29, 0.717) is 0 Å². The molecule has 0 saturated heterocycles. The van der Waals surface area contributed by atoms with E-state index in [0.717, 1.165) is 32.7 Å². The molecule has 4 heteroatoms.